The van der Waals surface area contributed by atoms with Crippen LogP contribution in [-0.2, 0) is 23.7 Å². The second-order valence-electron chi connectivity index (χ2n) is 9.17. The summed E-state index contributed by atoms with van der Waals surface area (Å²) in [7, 11) is 2.36. The number of aliphatic hydroxyl groups is 2. The average molecular weight is 523 g/mol. The predicted molar refractivity (Wildman–Crippen MR) is 144 cm³/mol. The summed E-state index contributed by atoms with van der Waals surface area (Å²) in [5, 5.41) is 16.0. The largest absolute Gasteiger partial charge is 0.466 e. The molecule has 38 heavy (non-hydrogen) atoms. The van der Waals surface area contributed by atoms with E-state index in [0.717, 1.165) is 31.1 Å². The smallest absolute Gasteiger partial charge is 0.336 e. The van der Waals surface area contributed by atoms with Gasteiger partial charge in [-0.25, -0.2) is 4.79 Å². The van der Waals surface area contributed by atoms with E-state index in [4.69, 9.17) is 29.2 Å². The minimum absolute atomic E-state index is 0.0206. The van der Waals surface area contributed by atoms with E-state index >= 15 is 0 Å². The fraction of sp³-hybridized carbons (Fsp3) is 0.419. The monoisotopic (exact) mass is 522 g/mol. The molecule has 7 nitrogen and oxygen atoms in total. The van der Waals surface area contributed by atoms with Crippen molar-refractivity contribution in [2.45, 2.75) is 55.7 Å². The second kappa shape index (κ2) is 14.2. The first kappa shape index (κ1) is 29.5. The summed E-state index contributed by atoms with van der Waals surface area (Å²) in [4.78, 5) is 11.8. The summed E-state index contributed by atoms with van der Waals surface area (Å²) >= 11 is 0. The van der Waals surface area contributed by atoms with Crippen LogP contribution in [0.15, 0.2) is 90.7 Å². The highest BCUT2D eigenvalue weighted by Crippen LogP contribution is 2.50. The number of hydrogen-bond donors (Lipinski definition) is 2. The van der Waals surface area contributed by atoms with Crippen molar-refractivity contribution in [1.82, 2.24) is 0 Å². The third-order valence-electron chi connectivity index (χ3n) is 7.10. The number of carbonyl (C=O) groups excluding carboxylic acids is 1. The molecule has 4 unspecified atom stereocenters. The Morgan fingerprint density at radius 2 is 1.66 bits per heavy atom. The molecule has 3 fully saturated rings. The van der Waals surface area contributed by atoms with Gasteiger partial charge in [-0.15, -0.1) is 5.73 Å². The molecule has 3 heterocycles. The van der Waals surface area contributed by atoms with Crippen molar-refractivity contribution < 1.29 is 34.0 Å². The third-order valence-corrected chi connectivity index (χ3v) is 7.10. The number of fused-ring (bicyclic) bond motifs is 1. The lowest BCUT2D eigenvalue weighted by Crippen LogP contribution is -2.40. The molecule has 0 aromatic heterocycles. The zero-order valence-electron chi connectivity index (χ0n) is 22.2. The highest BCUT2D eigenvalue weighted by atomic mass is 16.6. The minimum atomic E-state index is -0.729. The van der Waals surface area contributed by atoms with Crippen molar-refractivity contribution in [3.63, 3.8) is 0 Å². The van der Waals surface area contributed by atoms with Crippen LogP contribution < -0.4 is 0 Å². The molecule has 204 valence electrons. The summed E-state index contributed by atoms with van der Waals surface area (Å²) in [5.41, 5.74) is 5.91. The van der Waals surface area contributed by atoms with Gasteiger partial charge < -0.3 is 29.2 Å². The van der Waals surface area contributed by atoms with E-state index in [-0.39, 0.29) is 31.0 Å². The zero-order valence-corrected chi connectivity index (χ0v) is 22.2. The van der Waals surface area contributed by atoms with Crippen molar-refractivity contribution in [1.29, 1.82) is 0 Å². The minimum Gasteiger partial charge on any atom is -0.466 e. The topological polar surface area (TPSA) is 94.5 Å². The number of rotatable bonds is 6. The summed E-state index contributed by atoms with van der Waals surface area (Å²) in [6.45, 7) is 8.29. The van der Waals surface area contributed by atoms with Crippen molar-refractivity contribution in [3.05, 3.63) is 102 Å². The van der Waals surface area contributed by atoms with Gasteiger partial charge in [0.05, 0.1) is 43.7 Å². The van der Waals surface area contributed by atoms with Gasteiger partial charge in [-0.1, -0.05) is 73.8 Å². The predicted octanol–water partition coefficient (Wildman–Crippen LogP) is 4.62. The molecule has 0 aliphatic carbocycles. The molecular formula is C31H38O7. The number of methoxy groups -OCH3 is 1. The molecule has 2 N–H and O–H groups in total. The Morgan fingerprint density at radius 1 is 1.05 bits per heavy atom. The van der Waals surface area contributed by atoms with E-state index in [1.165, 1.54) is 12.7 Å². The van der Waals surface area contributed by atoms with E-state index in [1.807, 2.05) is 48.5 Å². The Balaban J connectivity index is 0.000000202. The van der Waals surface area contributed by atoms with Crippen LogP contribution in [-0.4, -0.2) is 61.4 Å². The first-order valence-electron chi connectivity index (χ1n) is 12.8. The first-order chi connectivity index (χ1) is 18.5. The molecule has 3 saturated heterocycles. The Bertz CT molecular complexity index is 1090. The van der Waals surface area contributed by atoms with Crippen LogP contribution in [0.4, 0.5) is 0 Å². The van der Waals surface area contributed by atoms with Gasteiger partial charge in [-0.2, -0.15) is 0 Å². The molecule has 0 saturated carbocycles. The van der Waals surface area contributed by atoms with E-state index in [0.29, 0.717) is 25.0 Å². The lowest BCUT2D eigenvalue weighted by molar-refractivity contribution is -0.139. The molecule has 5 rings (SSSR count). The molecule has 5 atom stereocenters. The SMILES string of the molecule is C=C(C(=O)OC)[C@]12CC(c3ccccc3)OC1CCO2.C=C=C1CC(c2ccccc2)OC1CCO.CO. The number of ether oxygens (including phenoxy) is 4. The molecule has 0 radical (unpaired) electrons. The molecule has 0 bridgehead atoms. The Labute approximate surface area is 225 Å². The van der Waals surface area contributed by atoms with E-state index in [1.54, 1.807) is 0 Å². The molecule has 2 aromatic rings. The fourth-order valence-corrected chi connectivity index (χ4v) is 5.20. The summed E-state index contributed by atoms with van der Waals surface area (Å²) in [6, 6.07) is 20.1. The maximum absolute atomic E-state index is 11.8. The lowest BCUT2D eigenvalue weighted by atomic mass is 9.85. The van der Waals surface area contributed by atoms with Gasteiger partial charge in [0.25, 0.3) is 0 Å². The van der Waals surface area contributed by atoms with Gasteiger partial charge in [0.1, 0.15) is 5.60 Å². The highest BCUT2D eigenvalue weighted by molar-refractivity contribution is 5.90. The van der Waals surface area contributed by atoms with Crippen LogP contribution in [0.25, 0.3) is 0 Å². The Morgan fingerprint density at radius 3 is 2.21 bits per heavy atom. The molecule has 0 spiro atoms. The molecule has 3 aliphatic heterocycles. The summed E-state index contributed by atoms with van der Waals surface area (Å²) in [5.74, 6) is -0.422. The van der Waals surface area contributed by atoms with Gasteiger partial charge >= 0.3 is 5.97 Å². The van der Waals surface area contributed by atoms with E-state index in [2.05, 4.69) is 31.0 Å². The lowest BCUT2D eigenvalue weighted by Gasteiger charge is -2.27. The van der Waals surface area contributed by atoms with Gasteiger partial charge in [0.15, 0.2) is 0 Å². The number of aliphatic hydroxyl groups excluding tert-OH is 2. The van der Waals surface area contributed by atoms with Crippen molar-refractivity contribution in [2.24, 2.45) is 0 Å². The molecule has 0 amide bonds. The number of hydrogen-bond acceptors (Lipinski definition) is 7. The molecule has 7 heteroatoms. The van der Waals surface area contributed by atoms with Gasteiger partial charge in [0, 0.05) is 45.0 Å². The zero-order chi connectivity index (χ0) is 27.5. The van der Waals surface area contributed by atoms with Gasteiger partial charge in [-0.05, 0) is 11.1 Å². The maximum atomic E-state index is 11.8. The van der Waals surface area contributed by atoms with Gasteiger partial charge in [-0.3, -0.25) is 0 Å². The van der Waals surface area contributed by atoms with Crippen LogP contribution in [0.2, 0.25) is 0 Å². The summed E-state index contributed by atoms with van der Waals surface area (Å²) < 4.78 is 22.7. The normalized spacial score (nSPS) is 27.2. The van der Waals surface area contributed by atoms with Crippen LogP contribution in [0.3, 0.4) is 0 Å². The second-order valence-corrected chi connectivity index (χ2v) is 9.17. The van der Waals surface area contributed by atoms with Crippen molar-refractivity contribution >= 4 is 5.97 Å². The van der Waals surface area contributed by atoms with E-state index in [9.17, 15) is 4.79 Å². The summed E-state index contributed by atoms with van der Waals surface area (Å²) in [6.07, 6.45) is 2.71. The maximum Gasteiger partial charge on any atom is 0.336 e. The number of carbonyl (C=O) groups is 1. The third kappa shape index (κ3) is 6.51. The average Bonchev–Trinajstić information content (AvgIpc) is 3.68. The Hall–Kier alpha value is -3.03. The van der Waals surface area contributed by atoms with Crippen LogP contribution in [0.5, 0.6) is 0 Å². The number of esters is 1. The van der Waals surface area contributed by atoms with Crippen LogP contribution >= 0.6 is 0 Å². The quantitative estimate of drug-likeness (QED) is 0.325. The number of benzene rings is 2. The van der Waals surface area contributed by atoms with Crippen molar-refractivity contribution in [3.8, 4) is 0 Å². The van der Waals surface area contributed by atoms with Crippen molar-refractivity contribution in [2.75, 3.05) is 27.4 Å². The van der Waals surface area contributed by atoms with Gasteiger partial charge in [0.2, 0.25) is 0 Å². The fourth-order valence-electron chi connectivity index (χ4n) is 5.20. The molecule has 3 aliphatic rings. The van der Waals surface area contributed by atoms with Crippen LogP contribution in [0.1, 0.15) is 49.0 Å². The Kier molecular flexibility index (Phi) is 11.0. The standard InChI is InChI=1S/C16H18O4.C14H16O2.CH4O/c1-11(15(17)18-2)16-10-13(12-6-4-3-5-7-12)20-14(16)8-9-19-16;1-2-11-10-14(16-13(11)8-9-15)12-6-4-3-5-7-12;1-2/h3-7,13-14H,1,8-10H2,2H3;3-7,13-15H,1,8-10H2;2H,1H3/t13?,14?,16-;;/m1../s1. The first-order valence-corrected chi connectivity index (χ1v) is 12.8. The van der Waals surface area contributed by atoms with E-state index < -0.39 is 11.6 Å². The van der Waals surface area contributed by atoms with Crippen LogP contribution in [0, 0.1) is 0 Å². The molecule has 2 aromatic carbocycles. The highest BCUT2D eigenvalue weighted by Gasteiger charge is 2.56. The molecular weight excluding hydrogens is 484 g/mol.